The topological polar surface area (TPSA) is 126 Å². The molecule has 3 amide bonds. The molecule has 1 unspecified atom stereocenters. The number of halogens is 1. The normalized spacial score (nSPS) is 18.3. The van der Waals surface area contributed by atoms with Gasteiger partial charge in [0.15, 0.2) is 5.82 Å². The number of thiophene rings is 1. The molecule has 0 saturated carbocycles. The maximum absolute atomic E-state index is 13.3. The second-order valence-corrected chi connectivity index (χ2v) is 16.7. The van der Waals surface area contributed by atoms with Crippen molar-refractivity contribution in [3.05, 3.63) is 127 Å². The maximum Gasteiger partial charge on any atom is 0.255 e. The largest absolute Gasteiger partial charge is 0.322 e. The summed E-state index contributed by atoms with van der Waals surface area (Å²) in [6.07, 6.45) is 6.79. The van der Waals surface area contributed by atoms with Crippen LogP contribution >= 0.6 is 22.9 Å². The van der Waals surface area contributed by atoms with Crippen LogP contribution in [0.5, 0.6) is 0 Å². The summed E-state index contributed by atoms with van der Waals surface area (Å²) in [5, 5.41) is 12.8. The molecule has 0 spiro atoms. The Hall–Kier alpha value is -5.48. The number of hydrogen-bond acceptors (Lipinski definition) is 9. The van der Waals surface area contributed by atoms with Gasteiger partial charge in [-0.15, -0.1) is 21.5 Å². The number of piperidine rings is 2. The van der Waals surface area contributed by atoms with E-state index in [0.717, 1.165) is 101 Å². The number of hydrogen-bond donors (Lipinski definition) is 1. The van der Waals surface area contributed by atoms with E-state index < -0.39 is 6.04 Å². The molecule has 4 aliphatic rings. The zero-order valence-electron chi connectivity index (χ0n) is 31.8. The molecule has 4 aliphatic heterocycles. The van der Waals surface area contributed by atoms with Gasteiger partial charge in [0.05, 0.1) is 10.6 Å². The van der Waals surface area contributed by atoms with Gasteiger partial charge in [0.1, 0.15) is 29.1 Å². The van der Waals surface area contributed by atoms with E-state index in [1.165, 1.54) is 11.1 Å². The highest BCUT2D eigenvalue weighted by atomic mass is 35.5. The van der Waals surface area contributed by atoms with Crippen LogP contribution in [0.4, 0.5) is 0 Å². The number of nitrogens with one attached hydrogen (secondary N) is 1. The van der Waals surface area contributed by atoms with E-state index in [9.17, 15) is 14.4 Å². The summed E-state index contributed by atoms with van der Waals surface area (Å²) in [5.74, 6) is 8.20. The number of nitrogens with zero attached hydrogens (tertiary/aromatic N) is 7. The van der Waals surface area contributed by atoms with E-state index in [1.807, 2.05) is 55.6 Å². The predicted molar refractivity (Wildman–Crippen MR) is 219 cm³/mol. The molecule has 2 saturated heterocycles. The zero-order valence-corrected chi connectivity index (χ0v) is 33.4. The fraction of sp³-hybridized carbons (Fsp3) is 0.341. The van der Waals surface area contributed by atoms with Gasteiger partial charge in [0.2, 0.25) is 11.8 Å². The van der Waals surface area contributed by atoms with Crippen molar-refractivity contribution in [2.24, 2.45) is 10.9 Å². The van der Waals surface area contributed by atoms with Gasteiger partial charge in [0, 0.05) is 47.4 Å². The van der Waals surface area contributed by atoms with Crippen LogP contribution in [-0.2, 0) is 35.6 Å². The number of imide groups is 1. The number of fused-ring (bicyclic) bond motifs is 4. The van der Waals surface area contributed by atoms with E-state index in [1.54, 1.807) is 16.2 Å². The molecule has 57 heavy (non-hydrogen) atoms. The number of amides is 3. The highest BCUT2D eigenvalue weighted by molar-refractivity contribution is 7.15. The SMILES string of the molecule is Cc1c(C#Cc2ccc(CN3CCC(CCc4cccc5c4CN(C4CCC(=O)NC4=O)C5=O)CC3)cn2)sc2c1C(c1ccc(Cl)cc1)=NCc1nnc(C)n1-2. The molecule has 0 aliphatic carbocycles. The monoisotopic (exact) mass is 796 g/mol. The second kappa shape index (κ2) is 15.5. The van der Waals surface area contributed by atoms with E-state index >= 15 is 0 Å². The van der Waals surface area contributed by atoms with Crippen LogP contribution in [0.3, 0.4) is 0 Å². The lowest BCUT2D eigenvalue weighted by atomic mass is 9.89. The van der Waals surface area contributed by atoms with Gasteiger partial charge in [-0.3, -0.25) is 34.2 Å². The summed E-state index contributed by atoms with van der Waals surface area (Å²) in [7, 11) is 0. The van der Waals surface area contributed by atoms with Crippen LogP contribution in [0.15, 0.2) is 65.8 Å². The van der Waals surface area contributed by atoms with E-state index in [4.69, 9.17) is 21.6 Å². The van der Waals surface area contributed by atoms with Crippen LogP contribution < -0.4 is 5.32 Å². The number of rotatable bonds is 7. The lowest BCUT2D eigenvalue weighted by molar-refractivity contribution is -0.136. The molecule has 5 aromatic rings. The summed E-state index contributed by atoms with van der Waals surface area (Å²) in [6.45, 7) is 7.83. The summed E-state index contributed by atoms with van der Waals surface area (Å²) < 4.78 is 2.10. The van der Waals surface area contributed by atoms with Crippen molar-refractivity contribution in [1.82, 2.24) is 34.9 Å². The number of carbonyl (C=O) groups is 3. The van der Waals surface area contributed by atoms with Gasteiger partial charge in [-0.2, -0.15) is 0 Å². The maximum atomic E-state index is 13.3. The third-order valence-corrected chi connectivity index (χ3v) is 13.1. The predicted octanol–water partition coefficient (Wildman–Crippen LogP) is 6.35. The zero-order chi connectivity index (χ0) is 39.2. The molecule has 13 heteroatoms. The first-order valence-electron chi connectivity index (χ1n) is 19.5. The molecule has 0 radical (unpaired) electrons. The highest BCUT2D eigenvalue weighted by Gasteiger charge is 2.40. The molecular formula is C44H41ClN8O3S. The third-order valence-electron chi connectivity index (χ3n) is 11.7. The van der Waals surface area contributed by atoms with Crippen molar-refractivity contribution < 1.29 is 14.4 Å². The molecule has 2 aromatic carbocycles. The second-order valence-electron chi connectivity index (χ2n) is 15.3. The van der Waals surface area contributed by atoms with Crippen LogP contribution in [0.1, 0.15) is 98.1 Å². The van der Waals surface area contributed by atoms with Gasteiger partial charge >= 0.3 is 0 Å². The molecule has 2 fully saturated rings. The summed E-state index contributed by atoms with van der Waals surface area (Å²) in [5.41, 5.74) is 8.80. The van der Waals surface area contributed by atoms with Crippen LogP contribution in [-0.4, -0.2) is 72.1 Å². The molecular weight excluding hydrogens is 756 g/mol. The number of likely N-dealkylation sites (tertiary alicyclic amines) is 1. The number of aromatic nitrogens is 4. The Morgan fingerprint density at radius 3 is 2.56 bits per heavy atom. The Morgan fingerprint density at radius 2 is 1.79 bits per heavy atom. The number of carbonyl (C=O) groups excluding carboxylic acids is 3. The first-order valence-corrected chi connectivity index (χ1v) is 20.7. The summed E-state index contributed by atoms with van der Waals surface area (Å²) in [6, 6.07) is 17.3. The average Bonchev–Trinajstić information content (AvgIpc) is 3.82. The van der Waals surface area contributed by atoms with Crippen LogP contribution in [0.2, 0.25) is 5.02 Å². The summed E-state index contributed by atoms with van der Waals surface area (Å²) >= 11 is 7.85. The Bertz CT molecular complexity index is 2500. The molecule has 9 rings (SSSR count). The van der Waals surface area contributed by atoms with Crippen molar-refractivity contribution in [3.8, 4) is 16.8 Å². The van der Waals surface area contributed by atoms with E-state index in [-0.39, 0.29) is 24.1 Å². The average molecular weight is 797 g/mol. The van der Waals surface area contributed by atoms with Crippen molar-refractivity contribution in [1.29, 1.82) is 0 Å². The van der Waals surface area contributed by atoms with Crippen LogP contribution in [0.25, 0.3) is 5.00 Å². The fourth-order valence-electron chi connectivity index (χ4n) is 8.55. The van der Waals surface area contributed by atoms with E-state index in [0.29, 0.717) is 36.0 Å². The number of benzene rings is 2. The van der Waals surface area contributed by atoms with Crippen molar-refractivity contribution in [2.75, 3.05) is 13.1 Å². The molecule has 288 valence electrons. The third kappa shape index (κ3) is 7.31. The number of pyridine rings is 1. The van der Waals surface area contributed by atoms with Gasteiger partial charge in [-0.05, 0) is 123 Å². The smallest absolute Gasteiger partial charge is 0.255 e. The van der Waals surface area contributed by atoms with Gasteiger partial charge in [-0.1, -0.05) is 41.9 Å². The van der Waals surface area contributed by atoms with Crippen molar-refractivity contribution in [2.45, 2.75) is 78.0 Å². The Balaban J connectivity index is 0.814. The summed E-state index contributed by atoms with van der Waals surface area (Å²) in [4.78, 5) is 52.3. The van der Waals surface area contributed by atoms with Gasteiger partial charge < -0.3 is 4.90 Å². The molecule has 0 bridgehead atoms. The Morgan fingerprint density at radius 1 is 0.965 bits per heavy atom. The lowest BCUT2D eigenvalue weighted by Crippen LogP contribution is -2.52. The van der Waals surface area contributed by atoms with Crippen molar-refractivity contribution >= 4 is 46.4 Å². The fourth-order valence-corrected chi connectivity index (χ4v) is 9.90. The van der Waals surface area contributed by atoms with Crippen molar-refractivity contribution in [3.63, 3.8) is 0 Å². The number of aryl methyl sites for hydroxylation is 2. The minimum Gasteiger partial charge on any atom is -0.322 e. The van der Waals surface area contributed by atoms with E-state index in [2.05, 4.69) is 55.9 Å². The van der Waals surface area contributed by atoms with Crippen LogP contribution in [0, 0.1) is 31.6 Å². The molecule has 3 aromatic heterocycles. The Labute approximate surface area is 340 Å². The molecule has 7 heterocycles. The molecule has 11 nitrogen and oxygen atoms in total. The highest BCUT2D eigenvalue weighted by Crippen LogP contribution is 2.37. The first-order chi connectivity index (χ1) is 27.7. The van der Waals surface area contributed by atoms with Gasteiger partial charge in [-0.25, -0.2) is 4.98 Å². The molecule has 1 atom stereocenters. The quantitative estimate of drug-likeness (QED) is 0.150. The minimum absolute atomic E-state index is 0.113. The first kappa shape index (κ1) is 37.1. The Kier molecular flexibility index (Phi) is 10.1. The molecule has 1 N–H and O–H groups in total. The van der Waals surface area contributed by atoms with Gasteiger partial charge in [0.25, 0.3) is 5.91 Å². The lowest BCUT2D eigenvalue weighted by Gasteiger charge is -2.32. The standard InChI is InChI=1S/C44H41ClN8O3S/c1-26-37(57-44-40(26)41(31-9-11-32(45)12-10-31)47-23-38-50-49-27(2)53(38)44)16-14-33-13-7-29(22-46-33)24-51-20-18-28(19-21-51)6-8-30-4-3-5-34-35(30)25-52(43(34)56)36-15-17-39(54)48-42(36)55/h3-5,7,9-13,22,28,36H,6,8,15,17-21,23-25H2,1-2H3,(H,48,54,55). The number of aliphatic imine (C=N–C) groups is 1. The minimum atomic E-state index is -0.591.